The number of carbonyl (C=O) groups excluding carboxylic acids is 1. The van der Waals surface area contributed by atoms with Crippen LogP contribution in [-0.4, -0.2) is 32.6 Å². The Morgan fingerprint density at radius 1 is 1.00 bits per heavy atom. The van der Waals surface area contributed by atoms with Gasteiger partial charge in [0.1, 0.15) is 11.5 Å². The van der Waals surface area contributed by atoms with Crippen LogP contribution in [0.1, 0.15) is 5.56 Å². The number of hydrogen-bond acceptors (Lipinski definition) is 6. The Balaban J connectivity index is 1.29. The number of nitrogens with zero attached hydrogens (tertiary/aromatic N) is 4. The Morgan fingerprint density at radius 3 is 2.50 bits per heavy atom. The largest absolute Gasteiger partial charge is 0.457 e. The smallest absolute Gasteiger partial charge is 0.250 e. The Hall–Kier alpha value is -3.91. The Morgan fingerprint density at radius 2 is 1.72 bits per heavy atom. The lowest BCUT2D eigenvalue weighted by atomic mass is 10.2. The van der Waals surface area contributed by atoms with Crippen molar-refractivity contribution in [2.75, 3.05) is 5.75 Å². The van der Waals surface area contributed by atoms with Crippen LogP contribution < -0.4 is 10.2 Å². The van der Waals surface area contributed by atoms with Crippen LogP contribution in [-0.2, 0) is 11.8 Å². The first-order valence-corrected chi connectivity index (χ1v) is 10.9. The van der Waals surface area contributed by atoms with E-state index in [1.807, 2.05) is 96.5 Å². The number of benzene rings is 3. The molecule has 0 aliphatic carbocycles. The molecule has 0 saturated heterocycles. The van der Waals surface area contributed by atoms with Gasteiger partial charge < -0.3 is 9.30 Å². The van der Waals surface area contributed by atoms with E-state index in [1.54, 1.807) is 6.21 Å². The first kappa shape index (κ1) is 21.3. The second kappa shape index (κ2) is 10.4. The van der Waals surface area contributed by atoms with Crippen molar-refractivity contribution in [3.63, 3.8) is 0 Å². The van der Waals surface area contributed by atoms with E-state index in [4.69, 9.17) is 4.74 Å². The molecule has 4 rings (SSSR count). The molecule has 0 atom stereocenters. The number of hydrogen-bond donors (Lipinski definition) is 1. The fourth-order valence-corrected chi connectivity index (χ4v) is 3.61. The predicted octanol–water partition coefficient (Wildman–Crippen LogP) is 4.52. The normalized spacial score (nSPS) is 10.9. The topological polar surface area (TPSA) is 81.4 Å². The third-order valence-corrected chi connectivity index (χ3v) is 5.46. The van der Waals surface area contributed by atoms with E-state index in [0.717, 1.165) is 22.7 Å². The molecule has 1 aromatic heterocycles. The SMILES string of the molecule is Cn1c(SCC(=O)NN=Cc2cccc(Oc3ccccc3)c2)nnc1-c1ccccc1. The van der Waals surface area contributed by atoms with E-state index >= 15 is 0 Å². The van der Waals surface area contributed by atoms with Gasteiger partial charge in [-0.1, -0.05) is 72.4 Å². The summed E-state index contributed by atoms with van der Waals surface area (Å²) in [5.74, 6) is 2.15. The third-order valence-electron chi connectivity index (χ3n) is 4.44. The van der Waals surface area contributed by atoms with Crippen LogP contribution in [0, 0.1) is 0 Å². The molecule has 1 heterocycles. The molecule has 0 saturated carbocycles. The van der Waals surface area contributed by atoms with Crippen LogP contribution in [0.3, 0.4) is 0 Å². The maximum absolute atomic E-state index is 12.2. The minimum Gasteiger partial charge on any atom is -0.457 e. The molecule has 0 bridgehead atoms. The molecule has 160 valence electrons. The number of para-hydroxylation sites is 1. The highest BCUT2D eigenvalue weighted by atomic mass is 32.2. The quantitative estimate of drug-likeness (QED) is 0.246. The Bertz CT molecular complexity index is 1210. The zero-order chi connectivity index (χ0) is 22.2. The first-order valence-electron chi connectivity index (χ1n) is 9.91. The molecule has 0 radical (unpaired) electrons. The van der Waals surface area contributed by atoms with Crippen LogP contribution >= 0.6 is 11.8 Å². The maximum atomic E-state index is 12.2. The van der Waals surface area contributed by atoms with Gasteiger partial charge in [0.05, 0.1) is 12.0 Å². The number of carbonyl (C=O) groups is 1. The second-order valence-corrected chi connectivity index (χ2v) is 7.74. The zero-order valence-electron chi connectivity index (χ0n) is 17.4. The van der Waals surface area contributed by atoms with Gasteiger partial charge in [-0.05, 0) is 29.8 Å². The Labute approximate surface area is 190 Å². The van der Waals surface area contributed by atoms with E-state index < -0.39 is 0 Å². The van der Waals surface area contributed by atoms with Gasteiger partial charge >= 0.3 is 0 Å². The van der Waals surface area contributed by atoms with E-state index in [-0.39, 0.29) is 11.7 Å². The maximum Gasteiger partial charge on any atom is 0.250 e. The third kappa shape index (κ3) is 5.61. The van der Waals surface area contributed by atoms with Crippen LogP contribution in [0.25, 0.3) is 11.4 Å². The molecule has 32 heavy (non-hydrogen) atoms. The summed E-state index contributed by atoms with van der Waals surface area (Å²) in [6.07, 6.45) is 1.58. The number of nitrogens with one attached hydrogen (secondary N) is 1. The standard InChI is InChI=1S/C24H21N5O2S/c1-29-23(19-10-4-2-5-11-19)27-28-24(29)32-17-22(30)26-25-16-18-9-8-14-21(15-18)31-20-12-6-3-7-13-20/h2-16H,17H2,1H3,(H,26,30). The van der Waals surface area contributed by atoms with E-state index in [2.05, 4.69) is 20.7 Å². The van der Waals surface area contributed by atoms with E-state index in [9.17, 15) is 4.79 Å². The molecule has 7 nitrogen and oxygen atoms in total. The lowest BCUT2D eigenvalue weighted by Crippen LogP contribution is -2.19. The van der Waals surface area contributed by atoms with Gasteiger partial charge in [0.15, 0.2) is 11.0 Å². The molecule has 0 unspecified atom stereocenters. The molecule has 0 fully saturated rings. The van der Waals surface area contributed by atoms with E-state index in [1.165, 1.54) is 11.8 Å². The monoisotopic (exact) mass is 443 g/mol. The van der Waals surface area contributed by atoms with Crippen molar-refractivity contribution < 1.29 is 9.53 Å². The second-order valence-electron chi connectivity index (χ2n) is 6.80. The number of ether oxygens (including phenoxy) is 1. The summed E-state index contributed by atoms with van der Waals surface area (Å²) in [6.45, 7) is 0. The van der Waals surface area contributed by atoms with Crippen LogP contribution in [0.2, 0.25) is 0 Å². The van der Waals surface area contributed by atoms with Gasteiger partial charge in [-0.2, -0.15) is 5.10 Å². The van der Waals surface area contributed by atoms with Gasteiger partial charge in [0, 0.05) is 12.6 Å². The predicted molar refractivity (Wildman–Crippen MR) is 126 cm³/mol. The number of hydrazone groups is 1. The number of amides is 1. The molecule has 4 aromatic rings. The van der Waals surface area contributed by atoms with Gasteiger partial charge in [0.25, 0.3) is 5.91 Å². The van der Waals surface area contributed by atoms with Crippen molar-refractivity contribution in [2.24, 2.45) is 12.1 Å². The molecule has 1 N–H and O–H groups in total. The Kier molecular flexibility index (Phi) is 6.94. The average Bonchev–Trinajstić information content (AvgIpc) is 3.19. The van der Waals surface area contributed by atoms with Crippen molar-refractivity contribution >= 4 is 23.9 Å². The molecule has 1 amide bonds. The van der Waals surface area contributed by atoms with Crippen molar-refractivity contribution in [1.29, 1.82) is 0 Å². The van der Waals surface area contributed by atoms with Gasteiger partial charge in [-0.25, -0.2) is 5.43 Å². The summed E-state index contributed by atoms with van der Waals surface area (Å²) in [6, 6.07) is 26.8. The summed E-state index contributed by atoms with van der Waals surface area (Å²) in [5.41, 5.74) is 4.33. The number of aromatic nitrogens is 3. The minimum absolute atomic E-state index is 0.176. The zero-order valence-corrected chi connectivity index (χ0v) is 18.2. The molecule has 0 aliphatic heterocycles. The summed E-state index contributed by atoms with van der Waals surface area (Å²) in [7, 11) is 1.88. The highest BCUT2D eigenvalue weighted by molar-refractivity contribution is 7.99. The van der Waals surface area contributed by atoms with E-state index in [0.29, 0.717) is 10.9 Å². The summed E-state index contributed by atoms with van der Waals surface area (Å²) in [5, 5.41) is 13.1. The molecule has 0 aliphatic rings. The van der Waals surface area contributed by atoms with Gasteiger partial charge in [-0.3, -0.25) is 4.79 Å². The van der Waals surface area contributed by atoms with Crippen molar-refractivity contribution in [3.8, 4) is 22.9 Å². The van der Waals surface area contributed by atoms with Gasteiger partial charge in [0.2, 0.25) is 0 Å². The fourth-order valence-electron chi connectivity index (χ4n) is 2.90. The minimum atomic E-state index is -0.229. The number of rotatable bonds is 8. The molecule has 8 heteroatoms. The van der Waals surface area contributed by atoms with Gasteiger partial charge in [-0.15, -0.1) is 10.2 Å². The highest BCUT2D eigenvalue weighted by Gasteiger charge is 2.12. The van der Waals surface area contributed by atoms with Crippen LogP contribution in [0.4, 0.5) is 0 Å². The molecule has 3 aromatic carbocycles. The van der Waals surface area contributed by atoms with Crippen molar-refractivity contribution in [3.05, 3.63) is 90.5 Å². The fraction of sp³-hybridized carbons (Fsp3) is 0.0833. The first-order chi connectivity index (χ1) is 15.7. The van der Waals surface area contributed by atoms with Crippen molar-refractivity contribution in [2.45, 2.75) is 5.16 Å². The highest BCUT2D eigenvalue weighted by Crippen LogP contribution is 2.23. The van der Waals surface area contributed by atoms with Crippen LogP contribution in [0.5, 0.6) is 11.5 Å². The average molecular weight is 444 g/mol. The lowest BCUT2D eigenvalue weighted by Gasteiger charge is -2.05. The summed E-state index contributed by atoms with van der Waals surface area (Å²) >= 11 is 1.30. The molecule has 0 spiro atoms. The summed E-state index contributed by atoms with van der Waals surface area (Å²) in [4.78, 5) is 12.2. The molecular weight excluding hydrogens is 422 g/mol. The lowest BCUT2D eigenvalue weighted by molar-refractivity contribution is -0.118. The summed E-state index contributed by atoms with van der Waals surface area (Å²) < 4.78 is 7.68. The number of thioether (sulfide) groups is 1. The van der Waals surface area contributed by atoms with Crippen molar-refractivity contribution in [1.82, 2.24) is 20.2 Å². The molecular formula is C24H21N5O2S. The van der Waals surface area contributed by atoms with Crippen LogP contribution in [0.15, 0.2) is 95.2 Å².